The highest BCUT2D eigenvalue weighted by Gasteiger charge is 2.32. The highest BCUT2D eigenvalue weighted by Crippen LogP contribution is 2.34. The Hall–Kier alpha value is -2.41. The van der Waals surface area contributed by atoms with E-state index in [0.29, 0.717) is 17.7 Å². The number of nitrogens with one attached hydrogen (secondary N) is 1. The number of rotatable bonds is 4. The molecule has 0 spiro atoms. The molecule has 2 aromatic carbocycles. The number of hydrogen-bond donors (Lipinski definition) is 1. The SMILES string of the molecule is C[C@@H]1Cc2cc(C(=O)N[C@H](C)c3ccc(F)cc3)ccc2N1S(C)(=O)=O. The second kappa shape index (κ2) is 6.72. The molecule has 0 fully saturated rings. The van der Waals surface area contributed by atoms with Crippen molar-refractivity contribution >= 4 is 21.6 Å². The van der Waals surface area contributed by atoms with Crippen LogP contribution in [0.1, 0.15) is 41.4 Å². The van der Waals surface area contributed by atoms with Crippen LogP contribution in [0.5, 0.6) is 0 Å². The largest absolute Gasteiger partial charge is 0.346 e. The third kappa shape index (κ3) is 3.58. The van der Waals surface area contributed by atoms with Crippen LogP contribution in [0.3, 0.4) is 0 Å². The molecule has 0 aromatic heterocycles. The van der Waals surface area contributed by atoms with E-state index in [1.54, 1.807) is 30.3 Å². The van der Waals surface area contributed by atoms with Gasteiger partial charge in [0.1, 0.15) is 5.82 Å². The summed E-state index contributed by atoms with van der Waals surface area (Å²) in [4.78, 5) is 12.5. The lowest BCUT2D eigenvalue weighted by atomic mass is 10.0. The second-order valence-corrected chi connectivity index (χ2v) is 8.56. The second-order valence-electron chi connectivity index (χ2n) is 6.70. The standard InChI is InChI=1S/C19H21FN2O3S/c1-12-10-16-11-15(6-9-18(16)22(12)26(3,24)25)19(23)21-13(2)14-4-7-17(20)8-5-14/h4-9,11-13H,10H2,1-3H3,(H,21,23)/t12-,13-/m1/s1. The van der Waals surface area contributed by atoms with Gasteiger partial charge >= 0.3 is 0 Å². The average molecular weight is 376 g/mol. The lowest BCUT2D eigenvalue weighted by Gasteiger charge is -2.22. The van der Waals surface area contributed by atoms with Gasteiger partial charge in [-0.25, -0.2) is 12.8 Å². The van der Waals surface area contributed by atoms with E-state index in [2.05, 4.69) is 5.32 Å². The summed E-state index contributed by atoms with van der Waals surface area (Å²) in [5, 5.41) is 2.88. The van der Waals surface area contributed by atoms with E-state index in [-0.39, 0.29) is 23.8 Å². The topological polar surface area (TPSA) is 66.5 Å². The molecule has 5 nitrogen and oxygen atoms in total. The Labute approximate surface area is 152 Å². The van der Waals surface area contributed by atoms with Gasteiger partial charge in [0.25, 0.3) is 5.91 Å². The molecule has 0 aliphatic carbocycles. The Balaban J connectivity index is 1.80. The molecule has 7 heteroatoms. The van der Waals surface area contributed by atoms with Crippen molar-refractivity contribution in [2.24, 2.45) is 0 Å². The van der Waals surface area contributed by atoms with E-state index in [0.717, 1.165) is 11.1 Å². The quantitative estimate of drug-likeness (QED) is 0.892. The number of anilines is 1. The van der Waals surface area contributed by atoms with E-state index >= 15 is 0 Å². The fraction of sp³-hybridized carbons (Fsp3) is 0.316. The summed E-state index contributed by atoms with van der Waals surface area (Å²) in [6, 6.07) is 10.6. The van der Waals surface area contributed by atoms with Crippen molar-refractivity contribution in [3.05, 3.63) is 65.0 Å². The van der Waals surface area contributed by atoms with Crippen LogP contribution >= 0.6 is 0 Å². The summed E-state index contributed by atoms with van der Waals surface area (Å²) in [5.41, 5.74) is 2.74. The highest BCUT2D eigenvalue weighted by atomic mass is 32.2. The van der Waals surface area contributed by atoms with Crippen molar-refractivity contribution in [2.75, 3.05) is 10.6 Å². The molecule has 1 N–H and O–H groups in total. The van der Waals surface area contributed by atoms with Crippen molar-refractivity contribution in [3.8, 4) is 0 Å². The summed E-state index contributed by atoms with van der Waals surface area (Å²) < 4.78 is 38.4. The minimum Gasteiger partial charge on any atom is -0.346 e. The fourth-order valence-corrected chi connectivity index (χ4v) is 4.63. The van der Waals surface area contributed by atoms with Gasteiger partial charge in [0.15, 0.2) is 0 Å². The van der Waals surface area contributed by atoms with Crippen LogP contribution in [0.4, 0.5) is 10.1 Å². The Morgan fingerprint density at radius 1 is 1.23 bits per heavy atom. The normalized spacial score (nSPS) is 17.7. The summed E-state index contributed by atoms with van der Waals surface area (Å²) >= 11 is 0. The smallest absolute Gasteiger partial charge is 0.251 e. The average Bonchev–Trinajstić information content (AvgIpc) is 2.90. The Morgan fingerprint density at radius 2 is 1.88 bits per heavy atom. The summed E-state index contributed by atoms with van der Waals surface area (Å²) in [6.45, 7) is 3.67. The maximum atomic E-state index is 13.0. The molecule has 2 aromatic rings. The van der Waals surface area contributed by atoms with Crippen molar-refractivity contribution in [1.29, 1.82) is 0 Å². The molecule has 0 radical (unpaired) electrons. The maximum Gasteiger partial charge on any atom is 0.251 e. The van der Waals surface area contributed by atoms with Gasteiger partial charge in [0.05, 0.1) is 18.0 Å². The highest BCUT2D eigenvalue weighted by molar-refractivity contribution is 7.92. The first-order valence-corrected chi connectivity index (χ1v) is 10.2. The molecular weight excluding hydrogens is 355 g/mol. The van der Waals surface area contributed by atoms with Gasteiger partial charge in [-0.15, -0.1) is 0 Å². The first kappa shape index (κ1) is 18.4. The number of carbonyl (C=O) groups excluding carboxylic acids is 1. The van der Waals surface area contributed by atoms with Crippen LogP contribution in [0.15, 0.2) is 42.5 Å². The molecule has 138 valence electrons. The first-order chi connectivity index (χ1) is 12.2. The lowest BCUT2D eigenvalue weighted by molar-refractivity contribution is 0.0940. The summed E-state index contributed by atoms with van der Waals surface area (Å²) in [6.07, 6.45) is 1.75. The third-order valence-electron chi connectivity index (χ3n) is 4.57. The number of sulfonamides is 1. The van der Waals surface area contributed by atoms with Gasteiger partial charge in [-0.05, 0) is 61.7 Å². The molecule has 0 saturated carbocycles. The Kier molecular flexibility index (Phi) is 4.75. The predicted molar refractivity (Wildman–Crippen MR) is 99.2 cm³/mol. The molecule has 0 unspecified atom stereocenters. The molecule has 1 heterocycles. The number of amides is 1. The summed E-state index contributed by atoms with van der Waals surface area (Å²) in [5.74, 6) is -0.578. The van der Waals surface area contributed by atoms with Gasteiger partial charge in [-0.2, -0.15) is 0 Å². The molecule has 0 saturated heterocycles. The lowest BCUT2D eigenvalue weighted by Crippen LogP contribution is -2.34. The minimum absolute atomic E-state index is 0.170. The zero-order chi connectivity index (χ0) is 19.1. The number of benzene rings is 2. The Morgan fingerprint density at radius 3 is 2.50 bits per heavy atom. The number of hydrogen-bond acceptors (Lipinski definition) is 3. The van der Waals surface area contributed by atoms with E-state index in [9.17, 15) is 17.6 Å². The predicted octanol–water partition coefficient (Wildman–Crippen LogP) is 3.03. The molecule has 0 bridgehead atoms. The molecular formula is C19H21FN2O3S. The maximum absolute atomic E-state index is 13.0. The number of carbonyl (C=O) groups is 1. The molecule has 1 aliphatic heterocycles. The van der Waals surface area contributed by atoms with E-state index < -0.39 is 10.0 Å². The zero-order valence-electron chi connectivity index (χ0n) is 14.9. The van der Waals surface area contributed by atoms with Crippen molar-refractivity contribution < 1.29 is 17.6 Å². The number of fused-ring (bicyclic) bond motifs is 1. The van der Waals surface area contributed by atoms with Crippen LogP contribution in [0.2, 0.25) is 0 Å². The van der Waals surface area contributed by atoms with E-state index in [1.807, 2.05) is 13.8 Å². The third-order valence-corrected chi connectivity index (χ3v) is 5.84. The minimum atomic E-state index is -3.35. The van der Waals surface area contributed by atoms with Crippen molar-refractivity contribution in [3.63, 3.8) is 0 Å². The first-order valence-electron chi connectivity index (χ1n) is 8.35. The zero-order valence-corrected chi connectivity index (χ0v) is 15.7. The summed E-state index contributed by atoms with van der Waals surface area (Å²) in [7, 11) is -3.35. The molecule has 26 heavy (non-hydrogen) atoms. The van der Waals surface area contributed by atoms with Gasteiger partial charge in [0, 0.05) is 11.6 Å². The molecule has 1 amide bonds. The molecule has 2 atom stereocenters. The molecule has 1 aliphatic rings. The van der Waals surface area contributed by atoms with Crippen molar-refractivity contribution in [2.45, 2.75) is 32.4 Å². The molecule has 3 rings (SSSR count). The number of nitrogens with zero attached hydrogens (tertiary/aromatic N) is 1. The van der Waals surface area contributed by atoms with E-state index in [4.69, 9.17) is 0 Å². The van der Waals surface area contributed by atoms with Gasteiger partial charge < -0.3 is 5.32 Å². The van der Waals surface area contributed by atoms with Gasteiger partial charge in [-0.3, -0.25) is 9.10 Å². The van der Waals surface area contributed by atoms with Crippen molar-refractivity contribution in [1.82, 2.24) is 5.32 Å². The van der Waals surface area contributed by atoms with Gasteiger partial charge in [-0.1, -0.05) is 12.1 Å². The van der Waals surface area contributed by atoms with Crippen LogP contribution in [0, 0.1) is 5.82 Å². The Bertz CT molecular complexity index is 942. The van der Waals surface area contributed by atoms with E-state index in [1.165, 1.54) is 22.7 Å². The van der Waals surface area contributed by atoms with Crippen LogP contribution < -0.4 is 9.62 Å². The number of halogens is 1. The monoisotopic (exact) mass is 376 g/mol. The fourth-order valence-electron chi connectivity index (χ4n) is 3.36. The van der Waals surface area contributed by atoms with Crippen LogP contribution in [0.25, 0.3) is 0 Å². The van der Waals surface area contributed by atoms with Gasteiger partial charge in [0.2, 0.25) is 10.0 Å². The van der Waals surface area contributed by atoms with Crippen LogP contribution in [-0.4, -0.2) is 26.6 Å². The van der Waals surface area contributed by atoms with Crippen LogP contribution in [-0.2, 0) is 16.4 Å².